The molecule has 19 heavy (non-hydrogen) atoms. The van der Waals surface area contributed by atoms with E-state index in [1.165, 1.54) is 5.56 Å². The average molecular weight is 252 g/mol. The molecule has 2 aromatic rings. The summed E-state index contributed by atoms with van der Waals surface area (Å²) in [6, 6.07) is 20.2. The Hall–Kier alpha value is -2.22. The first-order chi connectivity index (χ1) is 9.42. The molecule has 2 unspecified atom stereocenters. The molecule has 0 radical (unpaired) electrons. The summed E-state index contributed by atoms with van der Waals surface area (Å²) < 4.78 is 11.4. The molecule has 0 amide bonds. The van der Waals surface area contributed by atoms with Crippen molar-refractivity contribution in [3.8, 4) is 5.75 Å². The van der Waals surface area contributed by atoms with E-state index in [0.717, 1.165) is 12.2 Å². The van der Waals surface area contributed by atoms with E-state index in [2.05, 4.69) is 30.3 Å². The van der Waals surface area contributed by atoms with Crippen molar-refractivity contribution in [2.24, 2.45) is 0 Å². The molecule has 2 aromatic carbocycles. The van der Waals surface area contributed by atoms with E-state index in [0.29, 0.717) is 5.92 Å². The van der Waals surface area contributed by atoms with Crippen LogP contribution >= 0.6 is 0 Å². The van der Waals surface area contributed by atoms with Crippen LogP contribution in [0, 0.1) is 0 Å². The molecule has 2 nitrogen and oxygen atoms in total. The van der Waals surface area contributed by atoms with E-state index < -0.39 is 0 Å². The highest BCUT2D eigenvalue weighted by Crippen LogP contribution is 2.28. The van der Waals surface area contributed by atoms with Gasteiger partial charge < -0.3 is 9.47 Å². The van der Waals surface area contributed by atoms with Crippen LogP contribution in [0.1, 0.15) is 17.9 Å². The molecular weight excluding hydrogens is 236 g/mol. The molecule has 1 aliphatic rings. The molecule has 96 valence electrons. The van der Waals surface area contributed by atoms with Gasteiger partial charge in [-0.15, -0.1) is 0 Å². The number of ether oxygens (including phenoxy) is 2. The fourth-order valence-corrected chi connectivity index (χ4v) is 2.24. The van der Waals surface area contributed by atoms with Crippen LogP contribution in [-0.4, -0.2) is 6.29 Å². The molecule has 0 saturated carbocycles. The van der Waals surface area contributed by atoms with Crippen molar-refractivity contribution >= 4 is 0 Å². The fourth-order valence-electron chi connectivity index (χ4n) is 2.24. The smallest absolute Gasteiger partial charge is 0.241 e. The largest absolute Gasteiger partial charge is 0.463 e. The minimum absolute atomic E-state index is 0.224. The van der Waals surface area contributed by atoms with Crippen molar-refractivity contribution in [1.82, 2.24) is 0 Å². The van der Waals surface area contributed by atoms with Crippen LogP contribution in [0.2, 0.25) is 0 Å². The van der Waals surface area contributed by atoms with Gasteiger partial charge in [-0.05, 0) is 23.8 Å². The van der Waals surface area contributed by atoms with Crippen molar-refractivity contribution in [2.45, 2.75) is 18.6 Å². The number of hydrogen-bond donors (Lipinski definition) is 0. The molecule has 2 heteroatoms. The van der Waals surface area contributed by atoms with Crippen LogP contribution < -0.4 is 4.74 Å². The summed E-state index contributed by atoms with van der Waals surface area (Å²) in [5.74, 6) is 1.19. The Morgan fingerprint density at radius 3 is 2.32 bits per heavy atom. The minimum atomic E-state index is -0.224. The van der Waals surface area contributed by atoms with Gasteiger partial charge in [0, 0.05) is 12.3 Å². The van der Waals surface area contributed by atoms with Gasteiger partial charge in [-0.1, -0.05) is 48.5 Å². The molecule has 1 heterocycles. The summed E-state index contributed by atoms with van der Waals surface area (Å²) in [6.45, 7) is 0. The van der Waals surface area contributed by atoms with E-state index in [-0.39, 0.29) is 6.29 Å². The molecule has 0 spiro atoms. The molecular formula is C17H16O2. The Kier molecular flexibility index (Phi) is 3.50. The van der Waals surface area contributed by atoms with E-state index in [4.69, 9.17) is 9.47 Å². The molecule has 0 aromatic heterocycles. The normalized spacial score (nSPS) is 21.7. The molecule has 3 rings (SSSR count). The van der Waals surface area contributed by atoms with Gasteiger partial charge in [0.25, 0.3) is 0 Å². The lowest BCUT2D eigenvalue weighted by Crippen LogP contribution is -2.23. The number of hydrogen-bond acceptors (Lipinski definition) is 2. The van der Waals surface area contributed by atoms with Crippen LogP contribution in [-0.2, 0) is 4.74 Å². The maximum Gasteiger partial charge on any atom is 0.241 e. The molecule has 2 atom stereocenters. The van der Waals surface area contributed by atoms with Gasteiger partial charge in [0.1, 0.15) is 5.75 Å². The van der Waals surface area contributed by atoms with Crippen molar-refractivity contribution in [3.63, 3.8) is 0 Å². The Bertz CT molecular complexity index is 534. The summed E-state index contributed by atoms with van der Waals surface area (Å²) in [5.41, 5.74) is 1.30. The lowest BCUT2D eigenvalue weighted by molar-refractivity contribution is -0.0455. The number of benzene rings is 2. The monoisotopic (exact) mass is 252 g/mol. The van der Waals surface area contributed by atoms with Crippen molar-refractivity contribution in [3.05, 3.63) is 78.6 Å². The van der Waals surface area contributed by atoms with Gasteiger partial charge in [0.05, 0.1) is 6.26 Å². The van der Waals surface area contributed by atoms with Crippen LogP contribution in [0.5, 0.6) is 5.75 Å². The Morgan fingerprint density at radius 1 is 0.895 bits per heavy atom. The predicted molar refractivity (Wildman–Crippen MR) is 74.9 cm³/mol. The summed E-state index contributed by atoms with van der Waals surface area (Å²) in [7, 11) is 0. The van der Waals surface area contributed by atoms with Crippen LogP contribution in [0.25, 0.3) is 0 Å². The second kappa shape index (κ2) is 5.61. The van der Waals surface area contributed by atoms with Crippen LogP contribution in [0.3, 0.4) is 0 Å². The van der Waals surface area contributed by atoms with Gasteiger partial charge in [0.2, 0.25) is 6.29 Å². The van der Waals surface area contributed by atoms with E-state index in [1.54, 1.807) is 6.26 Å². The van der Waals surface area contributed by atoms with Gasteiger partial charge in [-0.3, -0.25) is 0 Å². The van der Waals surface area contributed by atoms with Crippen LogP contribution in [0.15, 0.2) is 73.0 Å². The zero-order chi connectivity index (χ0) is 12.9. The summed E-state index contributed by atoms with van der Waals surface area (Å²) in [4.78, 5) is 0. The summed E-state index contributed by atoms with van der Waals surface area (Å²) in [5, 5.41) is 0. The molecule has 0 fully saturated rings. The predicted octanol–water partition coefficient (Wildman–Crippen LogP) is 4.11. The van der Waals surface area contributed by atoms with E-state index in [1.807, 2.05) is 36.4 Å². The number of rotatable bonds is 3. The van der Waals surface area contributed by atoms with E-state index in [9.17, 15) is 0 Å². The molecule has 0 aliphatic carbocycles. The number of para-hydroxylation sites is 1. The van der Waals surface area contributed by atoms with Gasteiger partial charge >= 0.3 is 0 Å². The first kappa shape index (κ1) is 11.8. The van der Waals surface area contributed by atoms with Crippen LogP contribution in [0.4, 0.5) is 0 Å². The highest BCUT2D eigenvalue weighted by molar-refractivity contribution is 5.25. The standard InChI is InChI=1S/C17H16O2/c1-3-7-14(8-4-1)15-11-12-18-17(13-15)19-16-9-5-2-6-10-16/h1-12,15,17H,13H2. The zero-order valence-electron chi connectivity index (χ0n) is 10.6. The summed E-state index contributed by atoms with van der Waals surface area (Å²) in [6.07, 6.45) is 4.43. The number of allylic oxidation sites excluding steroid dienone is 1. The second-order valence-electron chi connectivity index (χ2n) is 4.58. The van der Waals surface area contributed by atoms with Crippen molar-refractivity contribution < 1.29 is 9.47 Å². The molecule has 1 aliphatic heterocycles. The minimum Gasteiger partial charge on any atom is -0.463 e. The first-order valence-corrected chi connectivity index (χ1v) is 6.50. The molecule has 0 N–H and O–H groups in total. The third-order valence-corrected chi connectivity index (χ3v) is 3.23. The Morgan fingerprint density at radius 2 is 1.58 bits per heavy atom. The topological polar surface area (TPSA) is 18.5 Å². The maximum absolute atomic E-state index is 5.83. The SMILES string of the molecule is C1=CC(c2ccccc2)CC(Oc2ccccc2)O1. The summed E-state index contributed by atoms with van der Waals surface area (Å²) >= 11 is 0. The zero-order valence-corrected chi connectivity index (χ0v) is 10.6. The lowest BCUT2D eigenvalue weighted by Gasteiger charge is -2.26. The average Bonchev–Trinajstić information content (AvgIpc) is 2.49. The quantitative estimate of drug-likeness (QED) is 0.818. The third-order valence-electron chi connectivity index (χ3n) is 3.23. The van der Waals surface area contributed by atoms with Gasteiger partial charge in [0.15, 0.2) is 0 Å². The second-order valence-corrected chi connectivity index (χ2v) is 4.58. The molecule has 0 saturated heterocycles. The van der Waals surface area contributed by atoms with E-state index >= 15 is 0 Å². The highest BCUT2D eigenvalue weighted by Gasteiger charge is 2.21. The Labute approximate surface area is 113 Å². The fraction of sp³-hybridized carbons (Fsp3) is 0.176. The van der Waals surface area contributed by atoms with Crippen molar-refractivity contribution in [1.29, 1.82) is 0 Å². The lowest BCUT2D eigenvalue weighted by atomic mass is 9.94. The maximum atomic E-state index is 5.83. The Balaban J connectivity index is 1.69. The van der Waals surface area contributed by atoms with Gasteiger partial charge in [-0.25, -0.2) is 0 Å². The van der Waals surface area contributed by atoms with Crippen molar-refractivity contribution in [2.75, 3.05) is 0 Å². The molecule has 0 bridgehead atoms. The highest BCUT2D eigenvalue weighted by atomic mass is 16.7. The first-order valence-electron chi connectivity index (χ1n) is 6.50. The third kappa shape index (κ3) is 2.97. The van der Waals surface area contributed by atoms with Gasteiger partial charge in [-0.2, -0.15) is 0 Å².